The van der Waals surface area contributed by atoms with Crippen molar-refractivity contribution < 1.29 is 24.5 Å². The van der Waals surface area contributed by atoms with E-state index >= 15 is 0 Å². The fraction of sp³-hybridized carbons (Fsp3) is 0.917. The van der Waals surface area contributed by atoms with Gasteiger partial charge in [-0.3, -0.25) is 9.69 Å². The summed E-state index contributed by atoms with van der Waals surface area (Å²) < 4.78 is 10.1. The van der Waals surface area contributed by atoms with Gasteiger partial charge < -0.3 is 19.7 Å². The molecular weight excluding hydrogens is 238 g/mol. The van der Waals surface area contributed by atoms with Crippen LogP contribution in [-0.4, -0.2) is 73.2 Å². The van der Waals surface area contributed by atoms with E-state index in [1.807, 2.05) is 4.90 Å². The second kappa shape index (κ2) is 8.42. The molecule has 0 aromatic rings. The molecule has 2 atom stereocenters. The molecule has 6 nitrogen and oxygen atoms in total. The Balaban J connectivity index is 2.37. The van der Waals surface area contributed by atoms with Crippen molar-refractivity contribution in [3.8, 4) is 0 Å². The summed E-state index contributed by atoms with van der Waals surface area (Å²) in [5.41, 5.74) is 0. The molecule has 0 aliphatic carbocycles. The first-order valence-corrected chi connectivity index (χ1v) is 6.35. The lowest BCUT2D eigenvalue weighted by molar-refractivity contribution is -0.141. The van der Waals surface area contributed by atoms with Crippen LogP contribution in [0.15, 0.2) is 0 Å². The van der Waals surface area contributed by atoms with E-state index in [2.05, 4.69) is 4.74 Å². The van der Waals surface area contributed by atoms with Gasteiger partial charge in [-0.05, 0) is 12.8 Å². The molecule has 1 aliphatic rings. The molecule has 0 radical (unpaired) electrons. The molecule has 0 saturated carbocycles. The Morgan fingerprint density at radius 1 is 1.61 bits per heavy atom. The van der Waals surface area contributed by atoms with Gasteiger partial charge >= 0.3 is 5.97 Å². The van der Waals surface area contributed by atoms with Gasteiger partial charge in [0.25, 0.3) is 0 Å². The smallest absolute Gasteiger partial charge is 0.306 e. The van der Waals surface area contributed by atoms with E-state index in [0.29, 0.717) is 19.6 Å². The lowest BCUT2D eigenvalue weighted by Crippen LogP contribution is -2.40. The molecule has 1 heterocycles. The van der Waals surface area contributed by atoms with Crippen LogP contribution in [0, 0.1) is 0 Å². The minimum Gasteiger partial charge on any atom is -0.469 e. The second-order valence-corrected chi connectivity index (χ2v) is 4.56. The highest BCUT2D eigenvalue weighted by molar-refractivity contribution is 5.69. The van der Waals surface area contributed by atoms with Gasteiger partial charge in [-0.25, -0.2) is 0 Å². The largest absolute Gasteiger partial charge is 0.469 e. The Hall–Kier alpha value is -0.690. The van der Waals surface area contributed by atoms with Crippen molar-refractivity contribution in [2.75, 3.05) is 40.0 Å². The van der Waals surface area contributed by atoms with Gasteiger partial charge in [-0.2, -0.15) is 0 Å². The van der Waals surface area contributed by atoms with Crippen molar-refractivity contribution >= 4 is 5.97 Å². The highest BCUT2D eigenvalue weighted by atomic mass is 16.5. The molecule has 6 heteroatoms. The van der Waals surface area contributed by atoms with Crippen molar-refractivity contribution in [3.05, 3.63) is 0 Å². The maximum Gasteiger partial charge on any atom is 0.306 e. The molecule has 1 aliphatic heterocycles. The number of rotatable bonds is 8. The Morgan fingerprint density at radius 3 is 2.94 bits per heavy atom. The van der Waals surface area contributed by atoms with Crippen molar-refractivity contribution in [3.63, 3.8) is 0 Å². The van der Waals surface area contributed by atoms with Crippen LogP contribution in [0.4, 0.5) is 0 Å². The number of aliphatic hydroxyl groups is 2. The van der Waals surface area contributed by atoms with E-state index in [9.17, 15) is 9.90 Å². The van der Waals surface area contributed by atoms with Crippen molar-refractivity contribution in [1.29, 1.82) is 0 Å². The molecule has 2 N–H and O–H groups in total. The van der Waals surface area contributed by atoms with Gasteiger partial charge in [0.15, 0.2) is 0 Å². The summed E-state index contributed by atoms with van der Waals surface area (Å²) in [4.78, 5) is 13.1. The number of carbonyl (C=O) groups is 1. The van der Waals surface area contributed by atoms with Gasteiger partial charge in [-0.1, -0.05) is 0 Å². The summed E-state index contributed by atoms with van der Waals surface area (Å²) in [6, 6.07) is 0. The maximum absolute atomic E-state index is 11.1. The Labute approximate surface area is 107 Å². The fourth-order valence-electron chi connectivity index (χ4n) is 2.04. The zero-order valence-corrected chi connectivity index (χ0v) is 10.9. The SMILES string of the molecule is COC(=O)CCN(CC(O)CO)CC1CCCO1. The lowest BCUT2D eigenvalue weighted by Gasteiger charge is -2.26. The van der Waals surface area contributed by atoms with Crippen LogP contribution in [0.25, 0.3) is 0 Å². The Bertz CT molecular complexity index is 243. The number of hydrogen-bond donors (Lipinski definition) is 2. The van der Waals surface area contributed by atoms with E-state index < -0.39 is 6.10 Å². The monoisotopic (exact) mass is 261 g/mol. The zero-order valence-electron chi connectivity index (χ0n) is 10.9. The van der Waals surface area contributed by atoms with Crippen LogP contribution in [0.1, 0.15) is 19.3 Å². The van der Waals surface area contributed by atoms with Crippen molar-refractivity contribution in [2.24, 2.45) is 0 Å². The number of carbonyl (C=O) groups excluding carboxylic acids is 1. The first kappa shape index (κ1) is 15.4. The molecule has 0 bridgehead atoms. The van der Waals surface area contributed by atoms with Crippen LogP contribution >= 0.6 is 0 Å². The third-order valence-electron chi connectivity index (χ3n) is 3.03. The molecule has 0 aromatic heterocycles. The van der Waals surface area contributed by atoms with Gasteiger partial charge in [0.05, 0.1) is 32.3 Å². The molecule has 0 aromatic carbocycles. The summed E-state index contributed by atoms with van der Waals surface area (Å²) in [5, 5.41) is 18.3. The normalized spacial score (nSPS) is 21.2. The average Bonchev–Trinajstić information content (AvgIpc) is 2.88. The predicted molar refractivity (Wildman–Crippen MR) is 65.1 cm³/mol. The van der Waals surface area contributed by atoms with Gasteiger partial charge in [0.2, 0.25) is 0 Å². The van der Waals surface area contributed by atoms with Crippen LogP contribution in [0.5, 0.6) is 0 Å². The standard InChI is InChI=1S/C12H23NO5/c1-17-12(16)4-5-13(7-10(15)9-14)8-11-3-2-6-18-11/h10-11,14-15H,2-9H2,1H3. The van der Waals surface area contributed by atoms with E-state index in [1.165, 1.54) is 7.11 Å². The van der Waals surface area contributed by atoms with E-state index in [0.717, 1.165) is 19.4 Å². The molecule has 106 valence electrons. The first-order chi connectivity index (χ1) is 8.65. The average molecular weight is 261 g/mol. The van der Waals surface area contributed by atoms with Gasteiger partial charge in [0.1, 0.15) is 0 Å². The van der Waals surface area contributed by atoms with Crippen LogP contribution in [0.2, 0.25) is 0 Å². The summed E-state index contributed by atoms with van der Waals surface area (Å²) in [5.74, 6) is -0.272. The minimum absolute atomic E-state index is 0.161. The summed E-state index contributed by atoms with van der Waals surface area (Å²) in [6.07, 6.45) is 1.71. The molecule has 0 amide bonds. The molecular formula is C12H23NO5. The van der Waals surface area contributed by atoms with Crippen LogP contribution in [0.3, 0.4) is 0 Å². The molecule has 18 heavy (non-hydrogen) atoms. The van der Waals surface area contributed by atoms with Gasteiger partial charge in [-0.15, -0.1) is 0 Å². The Morgan fingerprint density at radius 2 is 2.39 bits per heavy atom. The number of aliphatic hydroxyl groups excluding tert-OH is 2. The van der Waals surface area contributed by atoms with Crippen molar-refractivity contribution in [1.82, 2.24) is 4.90 Å². The molecule has 1 fully saturated rings. The summed E-state index contributed by atoms with van der Waals surface area (Å²) in [7, 11) is 1.36. The summed E-state index contributed by atoms with van der Waals surface area (Å²) >= 11 is 0. The molecule has 1 rings (SSSR count). The first-order valence-electron chi connectivity index (χ1n) is 6.35. The molecule has 2 unspecified atom stereocenters. The van der Waals surface area contributed by atoms with Crippen LogP contribution in [-0.2, 0) is 14.3 Å². The second-order valence-electron chi connectivity index (χ2n) is 4.56. The third kappa shape index (κ3) is 5.77. The number of methoxy groups -OCH3 is 1. The number of nitrogens with zero attached hydrogens (tertiary/aromatic N) is 1. The highest BCUT2D eigenvalue weighted by Gasteiger charge is 2.21. The molecule has 0 spiro atoms. The molecule has 1 saturated heterocycles. The number of esters is 1. The number of hydrogen-bond acceptors (Lipinski definition) is 6. The van der Waals surface area contributed by atoms with Crippen molar-refractivity contribution in [2.45, 2.75) is 31.5 Å². The van der Waals surface area contributed by atoms with Crippen LogP contribution < -0.4 is 0 Å². The fourth-order valence-corrected chi connectivity index (χ4v) is 2.04. The minimum atomic E-state index is -0.788. The third-order valence-corrected chi connectivity index (χ3v) is 3.03. The quantitative estimate of drug-likeness (QED) is 0.567. The zero-order chi connectivity index (χ0) is 13.4. The van der Waals surface area contributed by atoms with E-state index in [1.54, 1.807) is 0 Å². The number of ether oxygens (including phenoxy) is 2. The Kier molecular flexibility index (Phi) is 7.19. The topological polar surface area (TPSA) is 79.2 Å². The van der Waals surface area contributed by atoms with E-state index in [4.69, 9.17) is 9.84 Å². The lowest BCUT2D eigenvalue weighted by atomic mass is 10.2. The van der Waals surface area contributed by atoms with Gasteiger partial charge in [0, 0.05) is 26.2 Å². The predicted octanol–water partition coefficient (Wildman–Crippen LogP) is -0.616. The highest BCUT2D eigenvalue weighted by Crippen LogP contribution is 2.13. The summed E-state index contributed by atoms with van der Waals surface area (Å²) in [6.45, 7) is 2.02. The maximum atomic E-state index is 11.1. The van der Waals surface area contributed by atoms with E-state index in [-0.39, 0.29) is 25.1 Å².